The molecule has 0 aliphatic heterocycles. The molecule has 0 atom stereocenters. The molecule has 0 aromatic heterocycles. The molecule has 0 aliphatic rings. The summed E-state index contributed by atoms with van der Waals surface area (Å²) in [7, 11) is -2.90. The topological polar surface area (TPSA) is 72.2 Å². The van der Waals surface area contributed by atoms with Crippen LogP contribution in [0.25, 0.3) is 0 Å². The first kappa shape index (κ1) is 10.8. The van der Waals surface area contributed by atoms with E-state index in [1.807, 2.05) is 12.1 Å². The van der Waals surface area contributed by atoms with Gasteiger partial charge in [-0.25, -0.2) is 8.42 Å². The first-order valence-corrected chi connectivity index (χ1v) is 6.30. The Kier molecular flexibility index (Phi) is 3.35. The smallest absolute Gasteiger partial charge is 0.149 e. The predicted molar refractivity (Wildman–Crippen MR) is 59.1 cm³/mol. The number of nitrogens with one attached hydrogen (secondary N) is 1. The fourth-order valence-corrected chi connectivity index (χ4v) is 1.50. The van der Waals surface area contributed by atoms with Crippen LogP contribution in [0.3, 0.4) is 0 Å². The second kappa shape index (κ2) is 4.32. The molecule has 78 valence electrons. The quantitative estimate of drug-likeness (QED) is 0.725. The van der Waals surface area contributed by atoms with Crippen molar-refractivity contribution in [2.24, 2.45) is 0 Å². The van der Waals surface area contributed by atoms with Crippen molar-refractivity contribution in [3.05, 3.63) is 24.3 Å². The molecule has 3 N–H and O–H groups in total. The molecule has 1 aromatic carbocycles. The van der Waals surface area contributed by atoms with Crippen LogP contribution in [0.2, 0.25) is 0 Å². The average Bonchev–Trinajstić information content (AvgIpc) is 2.01. The molecular formula is C9H14N2O2S. The average molecular weight is 214 g/mol. The summed E-state index contributed by atoms with van der Waals surface area (Å²) in [6, 6.07) is 7.21. The van der Waals surface area contributed by atoms with Gasteiger partial charge >= 0.3 is 0 Å². The first-order chi connectivity index (χ1) is 6.47. The Hall–Kier alpha value is -1.23. The van der Waals surface area contributed by atoms with Gasteiger partial charge in [0.2, 0.25) is 0 Å². The van der Waals surface area contributed by atoms with E-state index >= 15 is 0 Å². The Morgan fingerprint density at radius 1 is 1.43 bits per heavy atom. The maximum atomic E-state index is 10.8. The predicted octanol–water partition coefficient (Wildman–Crippen LogP) is 0.725. The summed E-state index contributed by atoms with van der Waals surface area (Å²) < 4.78 is 21.6. The van der Waals surface area contributed by atoms with Gasteiger partial charge in [0.1, 0.15) is 9.84 Å². The van der Waals surface area contributed by atoms with Crippen molar-refractivity contribution in [3.63, 3.8) is 0 Å². The van der Waals surface area contributed by atoms with E-state index in [-0.39, 0.29) is 5.75 Å². The van der Waals surface area contributed by atoms with Gasteiger partial charge < -0.3 is 11.1 Å². The minimum atomic E-state index is -2.90. The van der Waals surface area contributed by atoms with Gasteiger partial charge in [-0.05, 0) is 18.2 Å². The monoisotopic (exact) mass is 214 g/mol. The van der Waals surface area contributed by atoms with Crippen molar-refractivity contribution in [3.8, 4) is 0 Å². The Bertz CT molecular complexity index is 401. The molecule has 5 heteroatoms. The highest BCUT2D eigenvalue weighted by Crippen LogP contribution is 2.10. The van der Waals surface area contributed by atoms with E-state index in [0.29, 0.717) is 12.2 Å². The molecule has 0 heterocycles. The number of hydrogen-bond acceptors (Lipinski definition) is 4. The van der Waals surface area contributed by atoms with Crippen LogP contribution >= 0.6 is 0 Å². The maximum Gasteiger partial charge on any atom is 0.149 e. The Morgan fingerprint density at radius 3 is 2.71 bits per heavy atom. The van der Waals surface area contributed by atoms with E-state index in [1.54, 1.807) is 12.1 Å². The summed E-state index contributed by atoms with van der Waals surface area (Å²) in [5.41, 5.74) is 7.06. The van der Waals surface area contributed by atoms with Gasteiger partial charge in [0, 0.05) is 24.2 Å². The SMILES string of the molecule is CS(=O)(=O)CCNc1cccc(N)c1. The van der Waals surface area contributed by atoms with Gasteiger partial charge in [-0.2, -0.15) is 0 Å². The molecule has 1 aromatic rings. The van der Waals surface area contributed by atoms with Crippen LogP contribution in [0.1, 0.15) is 0 Å². The number of nitrogen functional groups attached to an aromatic ring is 1. The number of nitrogens with two attached hydrogens (primary N) is 1. The maximum absolute atomic E-state index is 10.8. The molecule has 4 nitrogen and oxygen atoms in total. The van der Waals surface area contributed by atoms with Gasteiger partial charge in [-0.1, -0.05) is 6.07 Å². The lowest BCUT2D eigenvalue weighted by molar-refractivity contribution is 0.602. The van der Waals surface area contributed by atoms with E-state index in [9.17, 15) is 8.42 Å². The van der Waals surface area contributed by atoms with E-state index in [2.05, 4.69) is 5.32 Å². The van der Waals surface area contributed by atoms with Crippen molar-refractivity contribution in [1.82, 2.24) is 0 Å². The molecule has 0 saturated carbocycles. The van der Waals surface area contributed by atoms with Crippen LogP contribution < -0.4 is 11.1 Å². The van der Waals surface area contributed by atoms with Gasteiger partial charge in [0.15, 0.2) is 0 Å². The molecule has 0 amide bonds. The van der Waals surface area contributed by atoms with Crippen molar-refractivity contribution < 1.29 is 8.42 Å². The fourth-order valence-electron chi connectivity index (χ4n) is 1.03. The fraction of sp³-hybridized carbons (Fsp3) is 0.333. The summed E-state index contributed by atoms with van der Waals surface area (Å²) in [5, 5.41) is 2.98. The van der Waals surface area contributed by atoms with Crippen molar-refractivity contribution >= 4 is 21.2 Å². The number of anilines is 2. The van der Waals surface area contributed by atoms with Gasteiger partial charge in [0.05, 0.1) is 5.75 Å². The highest BCUT2D eigenvalue weighted by molar-refractivity contribution is 7.90. The largest absolute Gasteiger partial charge is 0.399 e. The molecule has 0 radical (unpaired) electrons. The number of hydrogen-bond donors (Lipinski definition) is 2. The zero-order valence-corrected chi connectivity index (χ0v) is 8.84. The van der Waals surface area contributed by atoms with Crippen molar-refractivity contribution in [1.29, 1.82) is 0 Å². The van der Waals surface area contributed by atoms with Gasteiger partial charge in [0.25, 0.3) is 0 Å². The van der Waals surface area contributed by atoms with Crippen LogP contribution in [-0.2, 0) is 9.84 Å². The molecule has 0 bridgehead atoms. The number of sulfone groups is 1. The number of rotatable bonds is 4. The minimum Gasteiger partial charge on any atom is -0.399 e. The summed E-state index contributed by atoms with van der Waals surface area (Å²) in [6.45, 7) is 0.405. The lowest BCUT2D eigenvalue weighted by Crippen LogP contribution is -2.14. The van der Waals surface area contributed by atoms with E-state index < -0.39 is 9.84 Å². The second-order valence-electron chi connectivity index (χ2n) is 3.18. The van der Waals surface area contributed by atoms with Crippen LogP contribution in [-0.4, -0.2) is 27.0 Å². The third-order valence-electron chi connectivity index (χ3n) is 1.69. The molecule has 0 spiro atoms. The lowest BCUT2D eigenvalue weighted by Gasteiger charge is -2.05. The highest BCUT2D eigenvalue weighted by atomic mass is 32.2. The number of benzene rings is 1. The first-order valence-electron chi connectivity index (χ1n) is 4.24. The second-order valence-corrected chi connectivity index (χ2v) is 5.44. The summed E-state index contributed by atoms with van der Waals surface area (Å²) in [5.74, 6) is 0.127. The third-order valence-corrected chi connectivity index (χ3v) is 2.63. The molecule has 1 rings (SSSR count). The van der Waals surface area contributed by atoms with Crippen LogP contribution in [0.4, 0.5) is 11.4 Å². The zero-order valence-electron chi connectivity index (χ0n) is 8.03. The van der Waals surface area contributed by atoms with Crippen molar-refractivity contribution in [2.75, 3.05) is 29.6 Å². The minimum absolute atomic E-state index is 0.127. The molecular weight excluding hydrogens is 200 g/mol. The van der Waals surface area contributed by atoms with E-state index in [4.69, 9.17) is 5.73 Å². The Balaban J connectivity index is 2.47. The van der Waals surface area contributed by atoms with E-state index in [1.165, 1.54) is 6.26 Å². The lowest BCUT2D eigenvalue weighted by atomic mass is 10.3. The molecule has 0 saturated heterocycles. The summed E-state index contributed by atoms with van der Waals surface area (Å²) in [6.07, 6.45) is 1.22. The van der Waals surface area contributed by atoms with Gasteiger partial charge in [-0.15, -0.1) is 0 Å². The molecule has 14 heavy (non-hydrogen) atoms. The van der Waals surface area contributed by atoms with Crippen LogP contribution in [0.5, 0.6) is 0 Å². The third kappa shape index (κ3) is 4.13. The normalized spacial score (nSPS) is 11.2. The van der Waals surface area contributed by atoms with Gasteiger partial charge in [-0.3, -0.25) is 0 Å². The Morgan fingerprint density at radius 2 is 2.14 bits per heavy atom. The van der Waals surface area contributed by atoms with Crippen LogP contribution in [0.15, 0.2) is 24.3 Å². The Labute approximate surface area is 84.0 Å². The molecule has 0 fully saturated rings. The van der Waals surface area contributed by atoms with Crippen LogP contribution in [0, 0.1) is 0 Å². The highest BCUT2D eigenvalue weighted by Gasteiger charge is 2.00. The molecule has 0 aliphatic carbocycles. The summed E-state index contributed by atoms with van der Waals surface area (Å²) >= 11 is 0. The zero-order chi connectivity index (χ0) is 10.6. The van der Waals surface area contributed by atoms with Crippen molar-refractivity contribution in [2.45, 2.75) is 0 Å². The summed E-state index contributed by atoms with van der Waals surface area (Å²) in [4.78, 5) is 0. The molecule has 0 unspecified atom stereocenters. The van der Waals surface area contributed by atoms with E-state index in [0.717, 1.165) is 5.69 Å². The standard InChI is InChI=1S/C9H14N2O2S/c1-14(12,13)6-5-11-9-4-2-3-8(10)7-9/h2-4,7,11H,5-6,10H2,1H3.